The minimum Gasteiger partial charge on any atom is -0.502 e. The molecule has 1 aromatic rings. The van der Waals surface area contributed by atoms with E-state index in [1.54, 1.807) is 6.26 Å². The predicted molar refractivity (Wildman–Crippen MR) is 66.0 cm³/mol. The Hall–Kier alpha value is -1.28. The van der Waals surface area contributed by atoms with Gasteiger partial charge in [0.25, 0.3) is 0 Å². The molecule has 16 heavy (non-hydrogen) atoms. The molecule has 1 aromatic carbocycles. The van der Waals surface area contributed by atoms with Gasteiger partial charge in [0.05, 0.1) is 19.0 Å². The molecule has 2 heteroatoms. The fourth-order valence-electron chi connectivity index (χ4n) is 1.36. The zero-order valence-electron chi connectivity index (χ0n) is 9.80. The van der Waals surface area contributed by atoms with Crippen molar-refractivity contribution < 1.29 is 9.84 Å². The second-order valence-corrected chi connectivity index (χ2v) is 3.76. The van der Waals surface area contributed by atoms with Crippen LogP contribution in [-0.4, -0.2) is 11.7 Å². The Morgan fingerprint density at radius 2 is 2.06 bits per heavy atom. The van der Waals surface area contributed by atoms with E-state index < -0.39 is 6.10 Å². The average Bonchev–Trinajstić information content (AvgIpc) is 2.34. The zero-order valence-corrected chi connectivity index (χ0v) is 9.80. The first-order chi connectivity index (χ1) is 7.84. The molecule has 1 atom stereocenters. The molecule has 0 aliphatic rings. The molecule has 0 saturated heterocycles. The van der Waals surface area contributed by atoms with Gasteiger partial charge in [-0.2, -0.15) is 0 Å². The van der Waals surface area contributed by atoms with Crippen LogP contribution in [0.1, 0.15) is 37.9 Å². The highest BCUT2D eigenvalue weighted by molar-refractivity contribution is 5.17. The van der Waals surface area contributed by atoms with E-state index in [0.717, 1.165) is 25.0 Å². The summed E-state index contributed by atoms with van der Waals surface area (Å²) in [4.78, 5) is 0. The number of unbranched alkanes of at least 4 members (excludes halogenated alkanes) is 1. The highest BCUT2D eigenvalue weighted by Crippen LogP contribution is 2.15. The van der Waals surface area contributed by atoms with Gasteiger partial charge < -0.3 is 9.84 Å². The van der Waals surface area contributed by atoms with Crippen LogP contribution < -0.4 is 0 Å². The summed E-state index contributed by atoms with van der Waals surface area (Å²) in [5, 5.41) is 9.82. The van der Waals surface area contributed by atoms with Crippen LogP contribution >= 0.6 is 0 Å². The van der Waals surface area contributed by atoms with Crippen molar-refractivity contribution in [3.63, 3.8) is 0 Å². The van der Waals surface area contributed by atoms with Crippen molar-refractivity contribution in [1.82, 2.24) is 0 Å². The first kappa shape index (κ1) is 12.8. The third-order valence-electron chi connectivity index (χ3n) is 2.35. The van der Waals surface area contributed by atoms with E-state index in [-0.39, 0.29) is 0 Å². The lowest BCUT2D eigenvalue weighted by atomic mass is 10.1. The van der Waals surface area contributed by atoms with Gasteiger partial charge >= 0.3 is 0 Å². The zero-order chi connectivity index (χ0) is 11.6. The van der Waals surface area contributed by atoms with Gasteiger partial charge in [0.15, 0.2) is 0 Å². The molecule has 0 aliphatic carbocycles. The number of ether oxygens (including phenoxy) is 1. The predicted octanol–water partition coefficient (Wildman–Crippen LogP) is 3.44. The summed E-state index contributed by atoms with van der Waals surface area (Å²) in [6.07, 6.45) is 5.92. The van der Waals surface area contributed by atoms with E-state index in [1.807, 2.05) is 36.4 Å². The number of aliphatic hydroxyl groups excluding tert-OH is 1. The van der Waals surface area contributed by atoms with Crippen LogP contribution in [0.5, 0.6) is 0 Å². The lowest BCUT2D eigenvalue weighted by Crippen LogP contribution is -1.95. The number of hydrogen-bond donors (Lipinski definition) is 1. The highest BCUT2D eigenvalue weighted by atomic mass is 16.5. The second kappa shape index (κ2) is 7.94. The SMILES string of the molecule is CCCCOC=CCC(O)c1ccccc1. The summed E-state index contributed by atoms with van der Waals surface area (Å²) < 4.78 is 5.27. The molecule has 2 nitrogen and oxygen atoms in total. The summed E-state index contributed by atoms with van der Waals surface area (Å²) in [6.45, 7) is 2.89. The van der Waals surface area contributed by atoms with Crippen LogP contribution in [0.4, 0.5) is 0 Å². The maximum Gasteiger partial charge on any atom is 0.0873 e. The largest absolute Gasteiger partial charge is 0.502 e. The van der Waals surface area contributed by atoms with E-state index >= 15 is 0 Å². The first-order valence-corrected chi connectivity index (χ1v) is 5.84. The molecule has 0 fully saturated rings. The monoisotopic (exact) mass is 220 g/mol. The molecule has 0 amide bonds. The molecule has 1 unspecified atom stereocenters. The number of aliphatic hydroxyl groups is 1. The molecule has 0 saturated carbocycles. The third-order valence-corrected chi connectivity index (χ3v) is 2.35. The van der Waals surface area contributed by atoms with E-state index in [1.165, 1.54) is 0 Å². The van der Waals surface area contributed by atoms with Crippen LogP contribution in [0, 0.1) is 0 Å². The maximum atomic E-state index is 9.82. The number of hydrogen-bond acceptors (Lipinski definition) is 2. The van der Waals surface area contributed by atoms with Gasteiger partial charge in [0.1, 0.15) is 0 Å². The van der Waals surface area contributed by atoms with E-state index in [9.17, 15) is 5.11 Å². The topological polar surface area (TPSA) is 29.5 Å². The van der Waals surface area contributed by atoms with Crippen molar-refractivity contribution in [3.05, 3.63) is 48.2 Å². The Kier molecular flexibility index (Phi) is 6.35. The van der Waals surface area contributed by atoms with Crippen LogP contribution in [0.2, 0.25) is 0 Å². The minimum absolute atomic E-state index is 0.438. The maximum absolute atomic E-state index is 9.82. The summed E-state index contributed by atoms with van der Waals surface area (Å²) in [5.41, 5.74) is 0.945. The van der Waals surface area contributed by atoms with Gasteiger partial charge in [-0.25, -0.2) is 0 Å². The van der Waals surface area contributed by atoms with Crippen LogP contribution in [0.3, 0.4) is 0 Å². The molecule has 0 spiro atoms. The normalized spacial score (nSPS) is 12.9. The Labute approximate surface area is 97.6 Å². The fraction of sp³-hybridized carbons (Fsp3) is 0.429. The van der Waals surface area contributed by atoms with Crippen molar-refractivity contribution in [2.24, 2.45) is 0 Å². The van der Waals surface area contributed by atoms with Crippen LogP contribution in [-0.2, 0) is 4.74 Å². The Bertz CT molecular complexity index is 293. The highest BCUT2D eigenvalue weighted by Gasteiger charge is 2.03. The summed E-state index contributed by atoms with van der Waals surface area (Å²) in [7, 11) is 0. The Balaban J connectivity index is 2.22. The Morgan fingerprint density at radius 3 is 2.75 bits per heavy atom. The fourth-order valence-corrected chi connectivity index (χ4v) is 1.36. The van der Waals surface area contributed by atoms with Crippen molar-refractivity contribution in [2.75, 3.05) is 6.61 Å². The third kappa shape index (κ3) is 4.99. The molecule has 0 radical (unpaired) electrons. The van der Waals surface area contributed by atoms with Gasteiger partial charge in [-0.15, -0.1) is 0 Å². The van der Waals surface area contributed by atoms with E-state index in [4.69, 9.17) is 4.74 Å². The summed E-state index contributed by atoms with van der Waals surface area (Å²) >= 11 is 0. The molecule has 0 aromatic heterocycles. The second-order valence-electron chi connectivity index (χ2n) is 3.76. The van der Waals surface area contributed by atoms with Crippen molar-refractivity contribution in [2.45, 2.75) is 32.3 Å². The van der Waals surface area contributed by atoms with Crippen LogP contribution in [0.15, 0.2) is 42.7 Å². The van der Waals surface area contributed by atoms with Gasteiger partial charge in [0, 0.05) is 0 Å². The lowest BCUT2D eigenvalue weighted by molar-refractivity contribution is 0.178. The molecule has 1 N–H and O–H groups in total. The Morgan fingerprint density at radius 1 is 1.31 bits per heavy atom. The molecule has 88 valence electrons. The van der Waals surface area contributed by atoms with Gasteiger partial charge in [-0.1, -0.05) is 43.7 Å². The lowest BCUT2D eigenvalue weighted by Gasteiger charge is -2.07. The van der Waals surface area contributed by atoms with Gasteiger partial charge in [-0.05, 0) is 24.5 Å². The summed E-state index contributed by atoms with van der Waals surface area (Å²) in [6, 6.07) is 9.66. The first-order valence-electron chi connectivity index (χ1n) is 5.84. The van der Waals surface area contributed by atoms with Crippen LogP contribution in [0.25, 0.3) is 0 Å². The molecule has 0 heterocycles. The van der Waals surface area contributed by atoms with Gasteiger partial charge in [0.2, 0.25) is 0 Å². The van der Waals surface area contributed by atoms with Crippen molar-refractivity contribution >= 4 is 0 Å². The standard InChI is InChI=1S/C14H20O2/c1-2-3-11-16-12-7-10-14(15)13-8-5-4-6-9-13/h4-9,12,14-15H,2-3,10-11H2,1H3. The number of benzene rings is 1. The average molecular weight is 220 g/mol. The number of rotatable bonds is 7. The molecule has 0 bridgehead atoms. The van der Waals surface area contributed by atoms with Crippen molar-refractivity contribution in [3.8, 4) is 0 Å². The minimum atomic E-state index is -0.438. The smallest absolute Gasteiger partial charge is 0.0873 e. The quantitative estimate of drug-likeness (QED) is 0.563. The van der Waals surface area contributed by atoms with E-state index in [0.29, 0.717) is 6.42 Å². The van der Waals surface area contributed by atoms with E-state index in [2.05, 4.69) is 6.92 Å². The summed E-state index contributed by atoms with van der Waals surface area (Å²) in [5.74, 6) is 0. The molecule has 0 aliphatic heterocycles. The molecular formula is C14H20O2. The molecular weight excluding hydrogens is 200 g/mol. The van der Waals surface area contributed by atoms with Gasteiger partial charge in [-0.3, -0.25) is 0 Å². The molecule has 1 rings (SSSR count). The van der Waals surface area contributed by atoms with Crippen molar-refractivity contribution in [1.29, 1.82) is 0 Å².